The van der Waals surface area contributed by atoms with Crippen molar-refractivity contribution in [3.05, 3.63) is 0 Å². The standard InChI is InChI=1S/C42H82N4O3/c1-5-6-7-8-9-11-24-46-25-12-10-16-32(2)35-17-18-36-40-37(31-39(42(35,36)4)49-28-15-23-45)41(3)20-19-34(47-26-13-21-43)29-33(41)30-38(40)48-27-14-22-44/h32-40,46H,5-31,43-45H2,1-4H3/t32-,33+,34-,35-,36+,37+,38-,39+,40+,41+,42-/m1/s1. The van der Waals surface area contributed by atoms with Crippen LogP contribution >= 0.6 is 0 Å². The van der Waals surface area contributed by atoms with Crippen molar-refractivity contribution < 1.29 is 14.2 Å². The number of ether oxygens (including phenoxy) is 3. The average molecular weight is 691 g/mol. The van der Waals surface area contributed by atoms with Crippen LogP contribution in [0.1, 0.15) is 150 Å². The summed E-state index contributed by atoms with van der Waals surface area (Å²) in [6.07, 6.45) is 24.6. The average Bonchev–Trinajstić information content (AvgIpc) is 3.46. The van der Waals surface area contributed by atoms with E-state index in [-0.39, 0.29) is 5.41 Å². The lowest BCUT2D eigenvalue weighted by Gasteiger charge is -2.65. The molecule has 0 saturated heterocycles. The van der Waals surface area contributed by atoms with Crippen molar-refractivity contribution in [2.75, 3.05) is 52.5 Å². The van der Waals surface area contributed by atoms with Crippen LogP contribution in [0.5, 0.6) is 0 Å². The number of fused-ring (bicyclic) bond motifs is 5. The van der Waals surface area contributed by atoms with Gasteiger partial charge in [0.2, 0.25) is 0 Å². The van der Waals surface area contributed by atoms with Crippen molar-refractivity contribution in [1.82, 2.24) is 5.32 Å². The molecule has 7 heteroatoms. The molecule has 0 aromatic heterocycles. The molecule has 0 aromatic rings. The van der Waals surface area contributed by atoms with Crippen molar-refractivity contribution in [3.63, 3.8) is 0 Å². The van der Waals surface area contributed by atoms with Gasteiger partial charge in [0.1, 0.15) is 0 Å². The molecule has 11 atom stereocenters. The van der Waals surface area contributed by atoms with Crippen molar-refractivity contribution >= 4 is 0 Å². The number of nitrogens with two attached hydrogens (primary N) is 3. The lowest BCUT2D eigenvalue weighted by Crippen LogP contribution is -2.63. The highest BCUT2D eigenvalue weighted by Gasteiger charge is 2.66. The van der Waals surface area contributed by atoms with Gasteiger partial charge in [-0.3, -0.25) is 0 Å². The fraction of sp³-hybridized carbons (Fsp3) is 1.00. The fourth-order valence-corrected chi connectivity index (χ4v) is 11.7. The molecule has 7 nitrogen and oxygen atoms in total. The van der Waals surface area contributed by atoms with Crippen LogP contribution in [0.2, 0.25) is 0 Å². The number of unbranched alkanes of at least 4 members (excludes halogenated alkanes) is 6. The molecule has 0 bridgehead atoms. The molecule has 4 aliphatic carbocycles. The minimum Gasteiger partial charge on any atom is -0.378 e. The molecule has 0 heterocycles. The second-order valence-electron chi connectivity index (χ2n) is 17.5. The van der Waals surface area contributed by atoms with E-state index in [0.29, 0.717) is 73.0 Å². The van der Waals surface area contributed by atoms with E-state index in [0.717, 1.165) is 51.4 Å². The predicted octanol–water partition coefficient (Wildman–Crippen LogP) is 7.82. The van der Waals surface area contributed by atoms with Crippen LogP contribution in [-0.2, 0) is 14.2 Å². The third-order valence-corrected chi connectivity index (χ3v) is 14.5. The first-order valence-corrected chi connectivity index (χ1v) is 21.5. The predicted molar refractivity (Wildman–Crippen MR) is 205 cm³/mol. The smallest absolute Gasteiger partial charge is 0.0637 e. The molecule has 0 amide bonds. The molecule has 288 valence electrons. The molecular formula is C42H82N4O3. The van der Waals surface area contributed by atoms with Crippen molar-refractivity contribution in [1.29, 1.82) is 0 Å². The quantitative estimate of drug-likeness (QED) is 0.0722. The second-order valence-corrected chi connectivity index (χ2v) is 17.5. The molecule has 0 aliphatic heterocycles. The number of nitrogens with one attached hydrogen (secondary N) is 1. The largest absolute Gasteiger partial charge is 0.378 e. The monoisotopic (exact) mass is 691 g/mol. The zero-order valence-corrected chi connectivity index (χ0v) is 32.7. The maximum Gasteiger partial charge on any atom is 0.0637 e. The first-order valence-electron chi connectivity index (χ1n) is 21.5. The van der Waals surface area contributed by atoms with Gasteiger partial charge >= 0.3 is 0 Å². The summed E-state index contributed by atoms with van der Waals surface area (Å²) in [7, 11) is 0. The fourth-order valence-electron chi connectivity index (χ4n) is 11.7. The van der Waals surface area contributed by atoms with E-state index >= 15 is 0 Å². The Morgan fingerprint density at radius 3 is 2.06 bits per heavy atom. The molecule has 0 radical (unpaired) electrons. The molecule has 4 rings (SSSR count). The van der Waals surface area contributed by atoms with Crippen LogP contribution in [-0.4, -0.2) is 70.9 Å². The van der Waals surface area contributed by atoms with Crippen molar-refractivity contribution in [3.8, 4) is 0 Å². The summed E-state index contributed by atoms with van der Waals surface area (Å²) in [4.78, 5) is 0. The zero-order chi connectivity index (χ0) is 35.1. The van der Waals surface area contributed by atoms with Crippen LogP contribution in [0.15, 0.2) is 0 Å². The summed E-state index contributed by atoms with van der Waals surface area (Å²) >= 11 is 0. The third-order valence-electron chi connectivity index (χ3n) is 14.5. The zero-order valence-electron chi connectivity index (χ0n) is 32.7. The normalized spacial score (nSPS) is 36.3. The Hall–Kier alpha value is -0.280. The maximum atomic E-state index is 7.04. The van der Waals surface area contributed by atoms with Crippen molar-refractivity contribution in [2.24, 2.45) is 63.5 Å². The van der Waals surface area contributed by atoms with Crippen LogP contribution < -0.4 is 22.5 Å². The van der Waals surface area contributed by atoms with Crippen LogP contribution in [0, 0.1) is 46.3 Å². The van der Waals surface area contributed by atoms with Gasteiger partial charge in [-0.25, -0.2) is 0 Å². The maximum absolute atomic E-state index is 7.04. The highest BCUT2D eigenvalue weighted by atomic mass is 16.5. The van der Waals surface area contributed by atoms with E-state index in [1.807, 2.05) is 0 Å². The number of hydrogen-bond acceptors (Lipinski definition) is 7. The molecule has 4 aliphatic rings. The van der Waals surface area contributed by atoms with Gasteiger partial charge in [-0.2, -0.15) is 0 Å². The molecule has 49 heavy (non-hydrogen) atoms. The number of rotatable bonds is 25. The van der Waals surface area contributed by atoms with Gasteiger partial charge in [0.25, 0.3) is 0 Å². The Kier molecular flexibility index (Phi) is 18.1. The Morgan fingerprint density at radius 2 is 1.35 bits per heavy atom. The summed E-state index contributed by atoms with van der Waals surface area (Å²) in [5.74, 6) is 3.95. The molecule has 0 spiro atoms. The second kappa shape index (κ2) is 21.4. The third kappa shape index (κ3) is 10.7. The van der Waals surface area contributed by atoms with Crippen LogP contribution in [0.25, 0.3) is 0 Å². The first-order chi connectivity index (χ1) is 23.8. The molecule has 0 unspecified atom stereocenters. The number of hydrogen-bond donors (Lipinski definition) is 4. The Labute approximate surface area is 303 Å². The van der Waals surface area contributed by atoms with Gasteiger partial charge in [-0.1, -0.05) is 72.6 Å². The molecule has 4 saturated carbocycles. The van der Waals surface area contributed by atoms with Gasteiger partial charge in [-0.05, 0) is 151 Å². The minimum absolute atomic E-state index is 0.187. The SMILES string of the molecule is CCCCCCCCNCCCC[C@@H](C)[C@H]1CC[C@H]2[C@@H]3[C@H](OCCCN)C[C@@H]4C[C@H](OCCCN)CC[C@]4(C)[C@H]3C[C@H](OCCCN)[C@]12C. The summed E-state index contributed by atoms with van der Waals surface area (Å²) in [5, 5.41) is 3.74. The Balaban J connectivity index is 1.44. The molecular weight excluding hydrogens is 608 g/mol. The van der Waals surface area contributed by atoms with Crippen LogP contribution in [0.4, 0.5) is 0 Å². The molecule has 7 N–H and O–H groups in total. The first kappa shape index (κ1) is 41.5. The lowest BCUT2D eigenvalue weighted by molar-refractivity contribution is -0.227. The Morgan fingerprint density at radius 1 is 0.694 bits per heavy atom. The van der Waals surface area contributed by atoms with E-state index in [9.17, 15) is 0 Å². The Bertz CT molecular complexity index is 894. The van der Waals surface area contributed by atoms with E-state index in [4.69, 9.17) is 31.4 Å². The van der Waals surface area contributed by atoms with Gasteiger partial charge < -0.3 is 36.7 Å². The topological polar surface area (TPSA) is 118 Å². The van der Waals surface area contributed by atoms with Gasteiger partial charge in [0.05, 0.1) is 18.3 Å². The van der Waals surface area contributed by atoms with E-state index in [1.165, 1.54) is 109 Å². The minimum atomic E-state index is 0.187. The van der Waals surface area contributed by atoms with Crippen molar-refractivity contribution in [2.45, 2.75) is 168 Å². The van der Waals surface area contributed by atoms with Gasteiger partial charge in [-0.15, -0.1) is 0 Å². The highest BCUT2D eigenvalue weighted by Crippen LogP contribution is 2.69. The lowest BCUT2D eigenvalue weighted by atomic mass is 9.43. The van der Waals surface area contributed by atoms with E-state index < -0.39 is 0 Å². The summed E-state index contributed by atoms with van der Waals surface area (Å²) in [6, 6.07) is 0. The van der Waals surface area contributed by atoms with E-state index in [1.54, 1.807) is 0 Å². The molecule has 4 fully saturated rings. The molecule has 0 aromatic carbocycles. The highest BCUT2D eigenvalue weighted by molar-refractivity contribution is 5.15. The van der Waals surface area contributed by atoms with E-state index in [2.05, 4.69) is 33.0 Å². The van der Waals surface area contributed by atoms with Crippen LogP contribution in [0.3, 0.4) is 0 Å². The van der Waals surface area contributed by atoms with Gasteiger partial charge in [0, 0.05) is 25.2 Å². The summed E-state index contributed by atoms with van der Waals surface area (Å²) < 4.78 is 20.4. The van der Waals surface area contributed by atoms with Gasteiger partial charge in [0.15, 0.2) is 0 Å². The summed E-state index contributed by atoms with van der Waals surface area (Å²) in [5.41, 5.74) is 18.3. The summed E-state index contributed by atoms with van der Waals surface area (Å²) in [6.45, 7) is 17.0.